The SMILES string of the molecule is c1ccc(-c2cccc(-c3cccc4sc5cc(-c6nc(-c7ccccc7)nc(-c7ccc8c(ccc9ccccc98)c7)n6)ccc5c34)c2)cc1. The zero-order valence-electron chi connectivity index (χ0n) is 27.5. The van der Waals surface area contributed by atoms with Crippen molar-refractivity contribution >= 4 is 53.1 Å². The summed E-state index contributed by atoms with van der Waals surface area (Å²) < 4.78 is 2.46. The molecule has 10 rings (SSSR count). The minimum atomic E-state index is 0.658. The van der Waals surface area contributed by atoms with E-state index in [2.05, 4.69) is 158 Å². The predicted molar refractivity (Wildman–Crippen MR) is 215 cm³/mol. The lowest BCUT2D eigenvalue weighted by Gasteiger charge is -2.10. The normalized spacial score (nSPS) is 11.5. The van der Waals surface area contributed by atoms with Gasteiger partial charge in [0.15, 0.2) is 17.5 Å². The minimum Gasteiger partial charge on any atom is -0.208 e. The molecule has 0 fully saturated rings. The van der Waals surface area contributed by atoms with Crippen molar-refractivity contribution in [2.45, 2.75) is 0 Å². The largest absolute Gasteiger partial charge is 0.208 e. The van der Waals surface area contributed by atoms with Gasteiger partial charge in [-0.25, -0.2) is 15.0 Å². The van der Waals surface area contributed by atoms with E-state index in [4.69, 9.17) is 15.0 Å². The van der Waals surface area contributed by atoms with Gasteiger partial charge in [0.25, 0.3) is 0 Å². The van der Waals surface area contributed by atoms with Gasteiger partial charge in [0.2, 0.25) is 0 Å². The molecule has 0 atom stereocenters. The maximum Gasteiger partial charge on any atom is 0.164 e. The highest BCUT2D eigenvalue weighted by atomic mass is 32.1. The van der Waals surface area contributed by atoms with E-state index in [-0.39, 0.29) is 0 Å². The Labute approximate surface area is 299 Å². The molecular formula is C47H29N3S. The Balaban J connectivity index is 1.11. The van der Waals surface area contributed by atoms with Crippen LogP contribution in [-0.2, 0) is 0 Å². The molecule has 0 saturated heterocycles. The maximum atomic E-state index is 5.12. The van der Waals surface area contributed by atoms with Gasteiger partial charge >= 0.3 is 0 Å². The van der Waals surface area contributed by atoms with Crippen LogP contribution < -0.4 is 0 Å². The van der Waals surface area contributed by atoms with Gasteiger partial charge in [-0.2, -0.15) is 0 Å². The van der Waals surface area contributed by atoms with Crippen molar-refractivity contribution in [1.82, 2.24) is 15.0 Å². The second kappa shape index (κ2) is 12.1. The fourth-order valence-corrected chi connectivity index (χ4v) is 8.38. The average Bonchev–Trinajstić information content (AvgIpc) is 3.59. The third-order valence-corrected chi connectivity index (χ3v) is 10.8. The number of thiophene rings is 1. The van der Waals surface area contributed by atoms with Crippen LogP contribution in [0.2, 0.25) is 0 Å². The first-order valence-corrected chi connectivity index (χ1v) is 17.9. The Kier molecular flexibility index (Phi) is 7.00. The number of aromatic nitrogens is 3. The number of rotatable bonds is 5. The highest BCUT2D eigenvalue weighted by Crippen LogP contribution is 2.42. The summed E-state index contributed by atoms with van der Waals surface area (Å²) in [7, 11) is 0. The van der Waals surface area contributed by atoms with E-state index in [1.165, 1.54) is 58.6 Å². The number of nitrogens with zero attached hydrogens (tertiary/aromatic N) is 3. The lowest BCUT2D eigenvalue weighted by Crippen LogP contribution is -2.00. The van der Waals surface area contributed by atoms with Crippen molar-refractivity contribution in [2.24, 2.45) is 0 Å². The summed E-state index contributed by atoms with van der Waals surface area (Å²) in [5.41, 5.74) is 7.77. The zero-order valence-corrected chi connectivity index (χ0v) is 28.3. The Morgan fingerprint density at radius 2 is 0.902 bits per heavy atom. The molecule has 4 heteroatoms. The van der Waals surface area contributed by atoms with Crippen LogP contribution in [0.25, 0.3) is 98.1 Å². The molecule has 0 amide bonds. The Morgan fingerprint density at radius 3 is 1.71 bits per heavy atom. The van der Waals surface area contributed by atoms with Gasteiger partial charge < -0.3 is 0 Å². The molecule has 0 radical (unpaired) electrons. The van der Waals surface area contributed by atoms with Gasteiger partial charge in [0.1, 0.15) is 0 Å². The van der Waals surface area contributed by atoms with Crippen molar-refractivity contribution in [3.05, 3.63) is 176 Å². The molecule has 0 spiro atoms. The number of fused-ring (bicyclic) bond motifs is 6. The molecular weight excluding hydrogens is 639 g/mol. The molecule has 10 aromatic rings. The fourth-order valence-electron chi connectivity index (χ4n) is 7.20. The van der Waals surface area contributed by atoms with Crippen molar-refractivity contribution in [1.29, 1.82) is 0 Å². The average molecular weight is 668 g/mol. The molecule has 3 nitrogen and oxygen atoms in total. The van der Waals surface area contributed by atoms with Crippen LogP contribution in [0, 0.1) is 0 Å². The second-order valence-corrected chi connectivity index (χ2v) is 13.9. The summed E-state index contributed by atoms with van der Waals surface area (Å²) in [6.07, 6.45) is 0. The van der Waals surface area contributed by atoms with Crippen LogP contribution in [0.1, 0.15) is 0 Å². The lowest BCUT2D eigenvalue weighted by atomic mass is 9.96. The van der Waals surface area contributed by atoms with Crippen molar-refractivity contribution < 1.29 is 0 Å². The highest BCUT2D eigenvalue weighted by molar-refractivity contribution is 7.26. The topological polar surface area (TPSA) is 38.7 Å². The van der Waals surface area contributed by atoms with Crippen molar-refractivity contribution in [2.75, 3.05) is 0 Å². The van der Waals surface area contributed by atoms with Gasteiger partial charge in [-0.05, 0) is 68.1 Å². The summed E-state index contributed by atoms with van der Waals surface area (Å²) in [5, 5.41) is 7.36. The summed E-state index contributed by atoms with van der Waals surface area (Å²) in [5.74, 6) is 1.98. The molecule has 0 aliphatic rings. The monoisotopic (exact) mass is 667 g/mol. The minimum absolute atomic E-state index is 0.658. The van der Waals surface area contributed by atoms with Crippen LogP contribution in [0.4, 0.5) is 0 Å². The molecule has 51 heavy (non-hydrogen) atoms. The van der Waals surface area contributed by atoms with Crippen molar-refractivity contribution in [3.8, 4) is 56.4 Å². The van der Waals surface area contributed by atoms with Gasteiger partial charge in [0, 0.05) is 36.9 Å². The molecule has 2 heterocycles. The Hall–Kier alpha value is -6.49. The molecule has 8 aromatic carbocycles. The summed E-state index contributed by atoms with van der Waals surface area (Å²) in [6.45, 7) is 0. The smallest absolute Gasteiger partial charge is 0.164 e. The van der Waals surface area contributed by atoms with Crippen LogP contribution in [0.3, 0.4) is 0 Å². The van der Waals surface area contributed by atoms with E-state index in [9.17, 15) is 0 Å². The van der Waals surface area contributed by atoms with E-state index in [0.29, 0.717) is 17.5 Å². The first-order valence-electron chi connectivity index (χ1n) is 17.1. The van der Waals surface area contributed by atoms with Crippen LogP contribution in [-0.4, -0.2) is 15.0 Å². The van der Waals surface area contributed by atoms with E-state index in [1.54, 1.807) is 0 Å². The van der Waals surface area contributed by atoms with Crippen LogP contribution in [0.5, 0.6) is 0 Å². The molecule has 0 bridgehead atoms. The van der Waals surface area contributed by atoms with Crippen LogP contribution in [0.15, 0.2) is 176 Å². The number of hydrogen-bond acceptors (Lipinski definition) is 4. The number of benzene rings is 8. The molecule has 0 unspecified atom stereocenters. The van der Waals surface area contributed by atoms with Gasteiger partial charge in [0.05, 0.1) is 0 Å². The van der Waals surface area contributed by atoms with Crippen LogP contribution >= 0.6 is 11.3 Å². The highest BCUT2D eigenvalue weighted by Gasteiger charge is 2.16. The summed E-state index contributed by atoms with van der Waals surface area (Å²) in [6, 6.07) is 62.3. The maximum absolute atomic E-state index is 5.12. The quantitative estimate of drug-likeness (QED) is 0.171. The standard InChI is InChI=1S/C47H29N3S/c1-3-11-30(12-4-1)33-16-9-17-34(27-33)40-19-10-20-42-44(40)41-26-24-37(29-43(41)51-42)47-49-45(32-14-5-2-6-15-32)48-46(50-47)36-23-25-39-35(28-36)22-21-31-13-7-8-18-38(31)39/h1-29H. The van der Waals surface area contributed by atoms with Gasteiger partial charge in [-0.3, -0.25) is 0 Å². The second-order valence-electron chi connectivity index (χ2n) is 12.8. The molecule has 0 N–H and O–H groups in total. The fraction of sp³-hybridized carbons (Fsp3) is 0. The van der Waals surface area contributed by atoms with E-state index >= 15 is 0 Å². The Bertz CT molecular complexity index is 2910. The predicted octanol–water partition coefficient (Wildman–Crippen LogP) is 12.9. The molecule has 0 aliphatic carbocycles. The first kappa shape index (κ1) is 29.4. The van der Waals surface area contributed by atoms with E-state index < -0.39 is 0 Å². The third-order valence-electron chi connectivity index (χ3n) is 9.71. The van der Waals surface area contributed by atoms with Crippen molar-refractivity contribution in [3.63, 3.8) is 0 Å². The molecule has 0 saturated carbocycles. The first-order chi connectivity index (χ1) is 25.2. The molecule has 0 aliphatic heterocycles. The molecule has 2 aromatic heterocycles. The zero-order chi connectivity index (χ0) is 33.7. The van der Waals surface area contributed by atoms with E-state index in [0.717, 1.165) is 22.1 Å². The molecule has 238 valence electrons. The number of hydrogen-bond donors (Lipinski definition) is 0. The lowest BCUT2D eigenvalue weighted by molar-refractivity contribution is 1.08. The summed E-state index contributed by atoms with van der Waals surface area (Å²) >= 11 is 1.81. The van der Waals surface area contributed by atoms with E-state index in [1.807, 2.05) is 29.5 Å². The Morgan fingerprint density at radius 1 is 0.314 bits per heavy atom. The van der Waals surface area contributed by atoms with Gasteiger partial charge in [-0.1, -0.05) is 152 Å². The van der Waals surface area contributed by atoms with Gasteiger partial charge in [-0.15, -0.1) is 11.3 Å². The summed E-state index contributed by atoms with van der Waals surface area (Å²) in [4.78, 5) is 15.2. The third kappa shape index (κ3) is 5.25.